The van der Waals surface area contributed by atoms with Gasteiger partial charge in [0.2, 0.25) is 0 Å². The summed E-state index contributed by atoms with van der Waals surface area (Å²) in [7, 11) is 0. The van der Waals surface area contributed by atoms with Gasteiger partial charge in [0.25, 0.3) is 0 Å². The van der Waals surface area contributed by atoms with E-state index in [1.54, 1.807) is 0 Å². The summed E-state index contributed by atoms with van der Waals surface area (Å²) in [5, 5.41) is 9.67. The Bertz CT molecular complexity index is 466. The molecule has 2 heteroatoms. The molecular weight excluding hydrogens is 210 g/mol. The summed E-state index contributed by atoms with van der Waals surface area (Å²) in [4.78, 5) is 12.0. The second-order valence-corrected chi connectivity index (χ2v) is 5.45. The Morgan fingerprint density at radius 1 is 1.35 bits per heavy atom. The van der Waals surface area contributed by atoms with Crippen molar-refractivity contribution in [3.63, 3.8) is 0 Å². The predicted octanol–water partition coefficient (Wildman–Crippen LogP) is 3.31. The van der Waals surface area contributed by atoms with Crippen molar-refractivity contribution in [3.8, 4) is 6.07 Å². The molecule has 0 aromatic heterocycles. The Balaban J connectivity index is 2.17. The Labute approximate surface area is 102 Å². The van der Waals surface area contributed by atoms with Crippen molar-refractivity contribution in [2.24, 2.45) is 11.3 Å². The zero-order chi connectivity index (χ0) is 11.9. The van der Waals surface area contributed by atoms with Crippen LogP contribution in [0.25, 0.3) is 0 Å². The van der Waals surface area contributed by atoms with E-state index in [0.717, 1.165) is 44.1 Å². The summed E-state index contributed by atoms with van der Waals surface area (Å²) < 4.78 is 0. The standard InChI is InChI=1S/C15H17NO/c16-10-15-9-3-5-11(15)4-1-6-12-13(15)7-2-8-14(12)17/h1,4,11H,2-3,5-9H2/t11-,15-/m0/s1. The van der Waals surface area contributed by atoms with Crippen LogP contribution in [0.2, 0.25) is 0 Å². The molecule has 3 aliphatic rings. The third-order valence-corrected chi connectivity index (χ3v) is 4.68. The molecule has 0 radical (unpaired) electrons. The molecule has 88 valence electrons. The number of nitriles is 1. The van der Waals surface area contributed by atoms with Crippen molar-refractivity contribution in [2.45, 2.75) is 44.9 Å². The smallest absolute Gasteiger partial charge is 0.159 e. The van der Waals surface area contributed by atoms with E-state index in [0.29, 0.717) is 12.3 Å². The molecule has 0 aromatic rings. The van der Waals surface area contributed by atoms with Gasteiger partial charge in [-0.3, -0.25) is 4.79 Å². The van der Waals surface area contributed by atoms with Gasteiger partial charge in [0, 0.05) is 6.42 Å². The fourth-order valence-electron chi connectivity index (χ4n) is 3.85. The van der Waals surface area contributed by atoms with Crippen LogP contribution < -0.4 is 0 Å². The van der Waals surface area contributed by atoms with Crippen LogP contribution in [-0.2, 0) is 4.79 Å². The first-order valence-electron chi connectivity index (χ1n) is 6.61. The molecule has 0 aromatic carbocycles. The number of fused-ring (bicyclic) bond motifs is 2. The molecule has 3 aliphatic carbocycles. The predicted molar refractivity (Wildman–Crippen MR) is 65.0 cm³/mol. The minimum atomic E-state index is -0.335. The number of rotatable bonds is 0. The van der Waals surface area contributed by atoms with E-state index < -0.39 is 0 Å². The Morgan fingerprint density at radius 3 is 3.06 bits per heavy atom. The number of ketones is 1. The minimum Gasteiger partial charge on any atom is -0.295 e. The van der Waals surface area contributed by atoms with E-state index in [9.17, 15) is 10.1 Å². The molecule has 17 heavy (non-hydrogen) atoms. The maximum Gasteiger partial charge on any atom is 0.159 e. The number of Topliss-reactive ketones (excluding diaryl/α,β-unsaturated/α-hetero) is 1. The molecule has 0 aliphatic heterocycles. The molecule has 0 unspecified atom stereocenters. The number of nitrogens with zero attached hydrogens (tertiary/aromatic N) is 1. The first-order chi connectivity index (χ1) is 8.28. The molecular formula is C15H17NO. The van der Waals surface area contributed by atoms with E-state index in [-0.39, 0.29) is 11.2 Å². The number of carbonyl (C=O) groups is 1. The van der Waals surface area contributed by atoms with E-state index in [2.05, 4.69) is 18.2 Å². The molecule has 1 fully saturated rings. The van der Waals surface area contributed by atoms with Gasteiger partial charge >= 0.3 is 0 Å². The first kappa shape index (κ1) is 10.8. The number of hydrogen-bond acceptors (Lipinski definition) is 2. The van der Waals surface area contributed by atoms with Gasteiger partial charge in [0.15, 0.2) is 5.78 Å². The monoisotopic (exact) mass is 227 g/mol. The average molecular weight is 227 g/mol. The fourth-order valence-corrected chi connectivity index (χ4v) is 3.85. The highest BCUT2D eigenvalue weighted by Gasteiger charge is 2.47. The zero-order valence-electron chi connectivity index (χ0n) is 10.0. The second-order valence-electron chi connectivity index (χ2n) is 5.45. The Kier molecular flexibility index (Phi) is 2.43. The molecule has 1 saturated carbocycles. The van der Waals surface area contributed by atoms with Crippen molar-refractivity contribution in [3.05, 3.63) is 23.3 Å². The van der Waals surface area contributed by atoms with Crippen LogP contribution in [0.1, 0.15) is 44.9 Å². The minimum absolute atomic E-state index is 0.290. The van der Waals surface area contributed by atoms with E-state index in [1.165, 1.54) is 5.57 Å². The lowest BCUT2D eigenvalue weighted by Gasteiger charge is -2.32. The van der Waals surface area contributed by atoms with Crippen molar-refractivity contribution in [2.75, 3.05) is 0 Å². The molecule has 2 atom stereocenters. The lowest BCUT2D eigenvalue weighted by atomic mass is 9.68. The molecule has 0 amide bonds. The third-order valence-electron chi connectivity index (χ3n) is 4.68. The Hall–Kier alpha value is -1.36. The first-order valence-corrected chi connectivity index (χ1v) is 6.61. The maximum atomic E-state index is 12.0. The zero-order valence-corrected chi connectivity index (χ0v) is 10.0. The van der Waals surface area contributed by atoms with Crippen molar-refractivity contribution >= 4 is 5.78 Å². The van der Waals surface area contributed by atoms with Crippen molar-refractivity contribution in [1.82, 2.24) is 0 Å². The van der Waals surface area contributed by atoms with Gasteiger partial charge in [-0.25, -0.2) is 0 Å². The normalized spacial score (nSPS) is 36.2. The van der Waals surface area contributed by atoms with Crippen LogP contribution in [0.3, 0.4) is 0 Å². The van der Waals surface area contributed by atoms with Crippen LogP contribution in [0.15, 0.2) is 23.3 Å². The van der Waals surface area contributed by atoms with E-state index in [1.807, 2.05) is 0 Å². The lowest BCUT2D eigenvalue weighted by molar-refractivity contribution is -0.116. The summed E-state index contributed by atoms with van der Waals surface area (Å²) in [6.45, 7) is 0. The largest absolute Gasteiger partial charge is 0.295 e. The molecule has 0 heterocycles. The van der Waals surface area contributed by atoms with Gasteiger partial charge in [-0.2, -0.15) is 5.26 Å². The summed E-state index contributed by atoms with van der Waals surface area (Å²) in [5.74, 6) is 0.643. The van der Waals surface area contributed by atoms with Crippen LogP contribution in [0.4, 0.5) is 0 Å². The third kappa shape index (κ3) is 1.42. The van der Waals surface area contributed by atoms with E-state index in [4.69, 9.17) is 0 Å². The highest BCUT2D eigenvalue weighted by Crippen LogP contribution is 2.54. The van der Waals surface area contributed by atoms with Crippen LogP contribution >= 0.6 is 0 Å². The summed E-state index contributed by atoms with van der Waals surface area (Å²) in [6, 6.07) is 2.58. The Morgan fingerprint density at radius 2 is 2.24 bits per heavy atom. The van der Waals surface area contributed by atoms with Gasteiger partial charge in [-0.05, 0) is 49.2 Å². The number of carbonyl (C=O) groups excluding carboxylic acids is 1. The highest BCUT2D eigenvalue weighted by molar-refractivity contribution is 5.97. The topological polar surface area (TPSA) is 40.9 Å². The fraction of sp³-hybridized carbons (Fsp3) is 0.600. The molecule has 3 rings (SSSR count). The molecule has 0 spiro atoms. The summed E-state index contributed by atoms with van der Waals surface area (Å²) in [6.07, 6.45) is 10.8. The van der Waals surface area contributed by atoms with Crippen LogP contribution in [-0.4, -0.2) is 5.78 Å². The van der Waals surface area contributed by atoms with Crippen molar-refractivity contribution < 1.29 is 4.79 Å². The summed E-state index contributed by atoms with van der Waals surface area (Å²) >= 11 is 0. The van der Waals surface area contributed by atoms with Gasteiger partial charge in [-0.15, -0.1) is 0 Å². The van der Waals surface area contributed by atoms with Gasteiger partial charge in [0.1, 0.15) is 0 Å². The number of allylic oxidation sites excluding steroid dienone is 4. The average Bonchev–Trinajstić information content (AvgIpc) is 2.69. The molecule has 0 saturated heterocycles. The van der Waals surface area contributed by atoms with E-state index >= 15 is 0 Å². The molecule has 0 N–H and O–H groups in total. The van der Waals surface area contributed by atoms with Crippen molar-refractivity contribution in [1.29, 1.82) is 5.26 Å². The molecule has 2 nitrogen and oxygen atoms in total. The van der Waals surface area contributed by atoms with Crippen LogP contribution in [0, 0.1) is 22.7 Å². The SMILES string of the molecule is N#C[C@@]12CCC[C@@H]1C=CCC1=C2CCCC1=O. The van der Waals surface area contributed by atoms with Crippen LogP contribution in [0.5, 0.6) is 0 Å². The lowest BCUT2D eigenvalue weighted by Crippen LogP contribution is -2.28. The van der Waals surface area contributed by atoms with Gasteiger partial charge < -0.3 is 0 Å². The number of hydrogen-bond donors (Lipinski definition) is 0. The molecule has 0 bridgehead atoms. The van der Waals surface area contributed by atoms with Gasteiger partial charge in [-0.1, -0.05) is 18.6 Å². The highest BCUT2D eigenvalue weighted by atomic mass is 16.1. The quantitative estimate of drug-likeness (QED) is 0.596. The second kappa shape index (κ2) is 3.84. The summed E-state index contributed by atoms with van der Waals surface area (Å²) in [5.41, 5.74) is 1.83. The van der Waals surface area contributed by atoms with Gasteiger partial charge in [0.05, 0.1) is 11.5 Å². The maximum absolute atomic E-state index is 12.0.